The Hall–Kier alpha value is -1.02. The first-order chi connectivity index (χ1) is 6.63. The van der Waals surface area contributed by atoms with Gasteiger partial charge in [-0.2, -0.15) is 0 Å². The first-order valence-corrected chi connectivity index (χ1v) is 4.91. The molecule has 0 heterocycles. The lowest BCUT2D eigenvalue weighted by molar-refractivity contribution is 0.408. The molecule has 0 unspecified atom stereocenters. The molecule has 0 N–H and O–H groups in total. The van der Waals surface area contributed by atoms with Gasteiger partial charge in [-0.1, -0.05) is 12.1 Å². The summed E-state index contributed by atoms with van der Waals surface area (Å²) < 4.78 is 5.22. The van der Waals surface area contributed by atoms with Crippen LogP contribution in [0.5, 0.6) is 5.75 Å². The standard InChI is InChI=1S/C12H19NO/c1-10-9-11(7-8-13(2)3)5-6-12(10)14-4/h5-6,9H,7-8H2,1-4H3. The quantitative estimate of drug-likeness (QED) is 0.726. The molecule has 0 spiro atoms. The Bertz CT molecular complexity index is 294. The summed E-state index contributed by atoms with van der Waals surface area (Å²) in [6, 6.07) is 6.37. The van der Waals surface area contributed by atoms with Crippen LogP contribution in [0, 0.1) is 6.92 Å². The van der Waals surface area contributed by atoms with Gasteiger partial charge < -0.3 is 9.64 Å². The van der Waals surface area contributed by atoms with Crippen LogP contribution >= 0.6 is 0 Å². The molecule has 0 aliphatic heterocycles. The molecule has 0 bridgehead atoms. The van der Waals surface area contributed by atoms with E-state index in [1.807, 2.05) is 6.07 Å². The Morgan fingerprint density at radius 3 is 2.50 bits per heavy atom. The third kappa shape index (κ3) is 3.04. The van der Waals surface area contributed by atoms with Crippen LogP contribution in [-0.4, -0.2) is 32.6 Å². The number of rotatable bonds is 4. The summed E-state index contributed by atoms with van der Waals surface area (Å²) in [6.07, 6.45) is 1.10. The van der Waals surface area contributed by atoms with Crippen LogP contribution in [-0.2, 0) is 6.42 Å². The molecule has 0 aliphatic carbocycles. The number of ether oxygens (including phenoxy) is 1. The van der Waals surface area contributed by atoms with Crippen LogP contribution in [0.15, 0.2) is 18.2 Å². The number of hydrogen-bond donors (Lipinski definition) is 0. The van der Waals surface area contributed by atoms with E-state index in [1.54, 1.807) is 7.11 Å². The Kier molecular flexibility index (Phi) is 3.96. The third-order valence-corrected chi connectivity index (χ3v) is 2.31. The molecule has 14 heavy (non-hydrogen) atoms. The van der Waals surface area contributed by atoms with Gasteiger partial charge in [-0.05, 0) is 44.6 Å². The number of likely N-dealkylation sites (N-methyl/N-ethyl adjacent to an activating group) is 1. The molecule has 78 valence electrons. The first-order valence-electron chi connectivity index (χ1n) is 4.91. The van der Waals surface area contributed by atoms with Crippen molar-refractivity contribution in [1.82, 2.24) is 4.90 Å². The summed E-state index contributed by atoms with van der Waals surface area (Å²) in [4.78, 5) is 2.19. The van der Waals surface area contributed by atoms with Gasteiger partial charge in [0, 0.05) is 6.54 Å². The van der Waals surface area contributed by atoms with Crippen molar-refractivity contribution in [3.63, 3.8) is 0 Å². The largest absolute Gasteiger partial charge is 0.496 e. The third-order valence-electron chi connectivity index (χ3n) is 2.31. The van der Waals surface area contributed by atoms with E-state index in [-0.39, 0.29) is 0 Å². The van der Waals surface area contributed by atoms with Crippen LogP contribution in [0.2, 0.25) is 0 Å². The van der Waals surface area contributed by atoms with Crippen LogP contribution in [0.1, 0.15) is 11.1 Å². The van der Waals surface area contributed by atoms with Crippen molar-refractivity contribution in [3.05, 3.63) is 29.3 Å². The molecule has 0 fully saturated rings. The Labute approximate surface area is 86.5 Å². The fraction of sp³-hybridized carbons (Fsp3) is 0.500. The van der Waals surface area contributed by atoms with E-state index in [4.69, 9.17) is 4.74 Å². The highest BCUT2D eigenvalue weighted by Gasteiger charge is 2.00. The van der Waals surface area contributed by atoms with E-state index < -0.39 is 0 Å². The number of hydrogen-bond acceptors (Lipinski definition) is 2. The van der Waals surface area contributed by atoms with Crippen molar-refractivity contribution in [2.45, 2.75) is 13.3 Å². The summed E-state index contributed by atoms with van der Waals surface area (Å²) in [5.74, 6) is 0.971. The predicted molar refractivity (Wildman–Crippen MR) is 60.0 cm³/mol. The molecular formula is C12H19NO. The minimum atomic E-state index is 0.971. The van der Waals surface area contributed by atoms with Gasteiger partial charge in [0.25, 0.3) is 0 Å². The van der Waals surface area contributed by atoms with E-state index in [2.05, 4.69) is 38.1 Å². The van der Waals surface area contributed by atoms with Crippen LogP contribution in [0.25, 0.3) is 0 Å². The van der Waals surface area contributed by atoms with Crippen LogP contribution in [0.4, 0.5) is 0 Å². The lowest BCUT2D eigenvalue weighted by Gasteiger charge is -2.11. The molecule has 2 heteroatoms. The van der Waals surface area contributed by atoms with E-state index in [0.717, 1.165) is 18.7 Å². The predicted octanol–water partition coefficient (Wildman–Crippen LogP) is 2.11. The lowest BCUT2D eigenvalue weighted by Crippen LogP contribution is -2.15. The Morgan fingerprint density at radius 1 is 1.29 bits per heavy atom. The molecule has 0 saturated carbocycles. The zero-order chi connectivity index (χ0) is 10.6. The van der Waals surface area contributed by atoms with Gasteiger partial charge in [0.05, 0.1) is 7.11 Å². The van der Waals surface area contributed by atoms with Crippen molar-refractivity contribution in [3.8, 4) is 5.75 Å². The summed E-state index contributed by atoms with van der Waals surface area (Å²) in [7, 11) is 5.90. The normalized spacial score (nSPS) is 10.6. The van der Waals surface area contributed by atoms with Gasteiger partial charge in [0.15, 0.2) is 0 Å². The zero-order valence-corrected chi connectivity index (χ0v) is 9.50. The first kappa shape index (κ1) is 11.1. The van der Waals surface area contributed by atoms with Gasteiger partial charge in [0.2, 0.25) is 0 Å². The fourth-order valence-electron chi connectivity index (χ4n) is 1.45. The Morgan fingerprint density at radius 2 is 2.00 bits per heavy atom. The molecular weight excluding hydrogens is 174 g/mol. The maximum Gasteiger partial charge on any atom is 0.121 e. The van der Waals surface area contributed by atoms with E-state index in [0.29, 0.717) is 0 Å². The van der Waals surface area contributed by atoms with Gasteiger partial charge >= 0.3 is 0 Å². The van der Waals surface area contributed by atoms with Crippen molar-refractivity contribution in [2.75, 3.05) is 27.7 Å². The average molecular weight is 193 g/mol. The monoisotopic (exact) mass is 193 g/mol. The number of methoxy groups -OCH3 is 1. The second-order valence-corrected chi connectivity index (χ2v) is 3.86. The highest BCUT2D eigenvalue weighted by Crippen LogP contribution is 2.18. The molecule has 0 atom stereocenters. The summed E-state index contributed by atoms with van der Waals surface area (Å²) in [5.41, 5.74) is 2.58. The highest BCUT2D eigenvalue weighted by atomic mass is 16.5. The number of benzene rings is 1. The molecule has 0 aliphatic rings. The summed E-state index contributed by atoms with van der Waals surface area (Å²) >= 11 is 0. The highest BCUT2D eigenvalue weighted by molar-refractivity contribution is 5.36. The SMILES string of the molecule is COc1ccc(CCN(C)C)cc1C. The minimum absolute atomic E-state index is 0.971. The smallest absolute Gasteiger partial charge is 0.121 e. The van der Waals surface area contributed by atoms with Gasteiger partial charge in [-0.3, -0.25) is 0 Å². The second-order valence-electron chi connectivity index (χ2n) is 3.86. The number of aryl methyl sites for hydroxylation is 1. The van der Waals surface area contributed by atoms with E-state index in [9.17, 15) is 0 Å². The maximum absolute atomic E-state index is 5.22. The van der Waals surface area contributed by atoms with Crippen LogP contribution in [0.3, 0.4) is 0 Å². The average Bonchev–Trinajstić information content (AvgIpc) is 2.15. The van der Waals surface area contributed by atoms with Gasteiger partial charge in [-0.25, -0.2) is 0 Å². The second kappa shape index (κ2) is 5.01. The van der Waals surface area contributed by atoms with E-state index in [1.165, 1.54) is 11.1 Å². The van der Waals surface area contributed by atoms with Crippen molar-refractivity contribution < 1.29 is 4.74 Å². The molecule has 1 aromatic carbocycles. The molecule has 2 nitrogen and oxygen atoms in total. The molecule has 1 aromatic rings. The maximum atomic E-state index is 5.22. The summed E-state index contributed by atoms with van der Waals surface area (Å²) in [6.45, 7) is 3.17. The topological polar surface area (TPSA) is 12.5 Å². The van der Waals surface area contributed by atoms with Crippen LogP contribution < -0.4 is 4.74 Å². The molecule has 0 aromatic heterocycles. The molecule has 0 radical (unpaired) electrons. The van der Waals surface area contributed by atoms with Crippen molar-refractivity contribution in [1.29, 1.82) is 0 Å². The minimum Gasteiger partial charge on any atom is -0.496 e. The van der Waals surface area contributed by atoms with Gasteiger partial charge in [0.1, 0.15) is 5.75 Å². The zero-order valence-electron chi connectivity index (χ0n) is 9.50. The van der Waals surface area contributed by atoms with Gasteiger partial charge in [-0.15, -0.1) is 0 Å². The van der Waals surface area contributed by atoms with Crippen molar-refractivity contribution >= 4 is 0 Å². The lowest BCUT2D eigenvalue weighted by atomic mass is 10.1. The van der Waals surface area contributed by atoms with E-state index >= 15 is 0 Å². The molecule has 1 rings (SSSR count). The van der Waals surface area contributed by atoms with Crippen molar-refractivity contribution in [2.24, 2.45) is 0 Å². The molecule has 0 amide bonds. The fourth-order valence-corrected chi connectivity index (χ4v) is 1.45. The Balaban J connectivity index is 2.66. The molecule has 0 saturated heterocycles. The summed E-state index contributed by atoms with van der Waals surface area (Å²) in [5, 5.41) is 0. The number of nitrogens with zero attached hydrogens (tertiary/aromatic N) is 1.